The SMILES string of the molecule is O=C(CCc1nc(-c2cccc(C(F)(F)F)c2)no1)NC1CC1. The maximum atomic E-state index is 12.7. The van der Waals surface area contributed by atoms with Crippen LogP contribution in [0.3, 0.4) is 0 Å². The highest BCUT2D eigenvalue weighted by Gasteiger charge is 2.30. The summed E-state index contributed by atoms with van der Waals surface area (Å²) in [7, 11) is 0. The number of nitrogens with one attached hydrogen (secondary N) is 1. The van der Waals surface area contributed by atoms with E-state index < -0.39 is 11.7 Å². The Morgan fingerprint density at radius 2 is 2.13 bits per heavy atom. The van der Waals surface area contributed by atoms with Crippen LogP contribution in [0.15, 0.2) is 28.8 Å². The van der Waals surface area contributed by atoms with Crippen LogP contribution in [-0.2, 0) is 17.4 Å². The number of aryl methyl sites for hydroxylation is 1. The van der Waals surface area contributed by atoms with Gasteiger partial charge in [0.2, 0.25) is 17.6 Å². The van der Waals surface area contributed by atoms with Gasteiger partial charge in [-0.3, -0.25) is 4.79 Å². The second-order valence-electron chi connectivity index (χ2n) is 5.43. The Balaban J connectivity index is 1.65. The van der Waals surface area contributed by atoms with Crippen molar-refractivity contribution in [3.63, 3.8) is 0 Å². The van der Waals surface area contributed by atoms with Crippen molar-refractivity contribution < 1.29 is 22.5 Å². The van der Waals surface area contributed by atoms with E-state index in [1.165, 1.54) is 12.1 Å². The topological polar surface area (TPSA) is 68.0 Å². The average Bonchev–Trinajstić information content (AvgIpc) is 3.18. The quantitative estimate of drug-likeness (QED) is 0.918. The summed E-state index contributed by atoms with van der Waals surface area (Å²) < 4.78 is 43.1. The first kappa shape index (κ1) is 15.5. The molecule has 1 saturated carbocycles. The van der Waals surface area contributed by atoms with Gasteiger partial charge < -0.3 is 9.84 Å². The van der Waals surface area contributed by atoms with Gasteiger partial charge in [-0.05, 0) is 25.0 Å². The van der Waals surface area contributed by atoms with E-state index in [0.29, 0.717) is 0 Å². The Kier molecular flexibility index (Phi) is 4.06. The largest absolute Gasteiger partial charge is 0.416 e. The average molecular weight is 325 g/mol. The number of carbonyl (C=O) groups is 1. The molecule has 122 valence electrons. The number of alkyl halides is 3. The fraction of sp³-hybridized carbons (Fsp3) is 0.400. The van der Waals surface area contributed by atoms with E-state index in [-0.39, 0.29) is 42.1 Å². The van der Waals surface area contributed by atoms with Crippen molar-refractivity contribution in [1.82, 2.24) is 15.5 Å². The van der Waals surface area contributed by atoms with E-state index in [2.05, 4.69) is 15.5 Å². The van der Waals surface area contributed by atoms with E-state index in [4.69, 9.17) is 4.52 Å². The van der Waals surface area contributed by atoms with Gasteiger partial charge in [-0.25, -0.2) is 0 Å². The van der Waals surface area contributed by atoms with Gasteiger partial charge in [-0.15, -0.1) is 0 Å². The minimum atomic E-state index is -4.43. The molecule has 0 spiro atoms. The molecule has 1 aliphatic carbocycles. The molecule has 0 radical (unpaired) electrons. The summed E-state index contributed by atoms with van der Waals surface area (Å²) in [5.41, 5.74) is -0.553. The second kappa shape index (κ2) is 6.02. The summed E-state index contributed by atoms with van der Waals surface area (Å²) in [6, 6.07) is 4.99. The minimum Gasteiger partial charge on any atom is -0.353 e. The lowest BCUT2D eigenvalue weighted by atomic mass is 10.1. The Labute approximate surface area is 129 Å². The lowest BCUT2D eigenvalue weighted by Gasteiger charge is -2.06. The summed E-state index contributed by atoms with van der Waals surface area (Å²) in [5, 5.41) is 6.51. The Bertz CT molecular complexity index is 708. The lowest BCUT2D eigenvalue weighted by Crippen LogP contribution is -2.25. The highest BCUT2D eigenvalue weighted by molar-refractivity contribution is 5.76. The monoisotopic (exact) mass is 325 g/mol. The number of aromatic nitrogens is 2. The van der Waals surface area contributed by atoms with Crippen molar-refractivity contribution in [2.45, 2.75) is 37.9 Å². The maximum Gasteiger partial charge on any atom is 0.416 e. The van der Waals surface area contributed by atoms with Crippen molar-refractivity contribution in [2.24, 2.45) is 0 Å². The number of carbonyl (C=O) groups excluding carboxylic acids is 1. The first-order chi connectivity index (χ1) is 10.9. The predicted octanol–water partition coefficient (Wildman–Crippen LogP) is 2.97. The molecule has 0 bridgehead atoms. The molecule has 2 aromatic rings. The van der Waals surface area contributed by atoms with Gasteiger partial charge in [0.05, 0.1) is 5.56 Å². The third-order valence-corrected chi connectivity index (χ3v) is 3.42. The van der Waals surface area contributed by atoms with E-state index in [1.807, 2.05) is 0 Å². The third kappa shape index (κ3) is 4.08. The Morgan fingerprint density at radius 1 is 1.35 bits per heavy atom. The molecule has 1 aliphatic rings. The number of hydrogen-bond donors (Lipinski definition) is 1. The Hall–Kier alpha value is -2.38. The van der Waals surface area contributed by atoms with E-state index in [9.17, 15) is 18.0 Å². The molecular weight excluding hydrogens is 311 g/mol. The molecule has 23 heavy (non-hydrogen) atoms. The van der Waals surface area contributed by atoms with E-state index in [1.54, 1.807) is 0 Å². The van der Waals surface area contributed by atoms with Gasteiger partial charge >= 0.3 is 6.18 Å². The van der Waals surface area contributed by atoms with E-state index >= 15 is 0 Å². The molecule has 5 nitrogen and oxygen atoms in total. The standard InChI is InChI=1S/C15H14F3N3O2/c16-15(17,18)10-3-1-2-9(8-10)14-20-13(23-21-14)7-6-12(22)19-11-4-5-11/h1-3,8,11H,4-7H2,(H,19,22). The summed E-state index contributed by atoms with van der Waals surface area (Å²) in [4.78, 5) is 15.6. The molecule has 1 fully saturated rings. The zero-order chi connectivity index (χ0) is 16.4. The number of nitrogens with zero attached hydrogens (tertiary/aromatic N) is 2. The normalized spacial score (nSPS) is 14.7. The highest BCUT2D eigenvalue weighted by Crippen LogP contribution is 2.31. The van der Waals surface area contributed by atoms with Crippen molar-refractivity contribution in [1.29, 1.82) is 0 Å². The summed E-state index contributed by atoms with van der Waals surface area (Å²) in [6.45, 7) is 0. The predicted molar refractivity (Wildman–Crippen MR) is 74.2 cm³/mol. The fourth-order valence-electron chi connectivity index (χ4n) is 2.06. The van der Waals surface area contributed by atoms with Crippen LogP contribution in [0.2, 0.25) is 0 Å². The molecule has 1 aromatic heterocycles. The molecule has 8 heteroatoms. The van der Waals surface area contributed by atoms with Crippen molar-refractivity contribution in [3.8, 4) is 11.4 Å². The molecule has 0 saturated heterocycles. The van der Waals surface area contributed by atoms with Gasteiger partial charge in [0, 0.05) is 24.4 Å². The molecule has 0 aliphatic heterocycles. The summed E-state index contributed by atoms with van der Waals surface area (Å²) >= 11 is 0. The summed E-state index contributed by atoms with van der Waals surface area (Å²) in [5.74, 6) is 0.211. The molecule has 1 amide bonds. The number of halogens is 3. The zero-order valence-electron chi connectivity index (χ0n) is 12.1. The van der Waals surface area contributed by atoms with Crippen LogP contribution in [0, 0.1) is 0 Å². The number of hydrogen-bond acceptors (Lipinski definition) is 4. The van der Waals surface area contributed by atoms with E-state index in [0.717, 1.165) is 25.0 Å². The molecular formula is C15H14F3N3O2. The molecule has 1 N–H and O–H groups in total. The molecule has 3 rings (SSSR count). The van der Waals surface area contributed by atoms with Crippen molar-refractivity contribution >= 4 is 5.91 Å². The number of rotatable bonds is 5. The summed E-state index contributed by atoms with van der Waals surface area (Å²) in [6.07, 6.45) is -1.95. The first-order valence-corrected chi connectivity index (χ1v) is 7.21. The van der Waals surface area contributed by atoms with Gasteiger partial charge in [0.1, 0.15) is 0 Å². The van der Waals surface area contributed by atoms with Crippen LogP contribution in [0.25, 0.3) is 11.4 Å². The van der Waals surface area contributed by atoms with Crippen LogP contribution in [0.5, 0.6) is 0 Å². The molecule has 1 heterocycles. The minimum absolute atomic E-state index is 0.0775. The van der Waals surface area contributed by atoms with Crippen molar-refractivity contribution in [2.75, 3.05) is 0 Å². The van der Waals surface area contributed by atoms with Gasteiger partial charge in [0.25, 0.3) is 0 Å². The zero-order valence-corrected chi connectivity index (χ0v) is 12.1. The van der Waals surface area contributed by atoms with Crippen LogP contribution in [-0.4, -0.2) is 22.1 Å². The van der Waals surface area contributed by atoms with Crippen molar-refractivity contribution in [3.05, 3.63) is 35.7 Å². The molecule has 1 aromatic carbocycles. The maximum absolute atomic E-state index is 12.7. The molecule has 0 atom stereocenters. The highest BCUT2D eigenvalue weighted by atomic mass is 19.4. The van der Waals surface area contributed by atoms with Crippen LogP contribution < -0.4 is 5.32 Å². The first-order valence-electron chi connectivity index (χ1n) is 7.21. The number of benzene rings is 1. The Morgan fingerprint density at radius 3 is 2.83 bits per heavy atom. The van der Waals surface area contributed by atoms with Gasteiger partial charge in [-0.1, -0.05) is 17.3 Å². The fourth-order valence-corrected chi connectivity index (χ4v) is 2.06. The molecule has 0 unspecified atom stereocenters. The number of amides is 1. The van der Waals surface area contributed by atoms with Crippen LogP contribution in [0.1, 0.15) is 30.7 Å². The third-order valence-electron chi connectivity index (χ3n) is 3.42. The second-order valence-corrected chi connectivity index (χ2v) is 5.43. The van der Waals surface area contributed by atoms with Gasteiger partial charge in [0.15, 0.2) is 0 Å². The van der Waals surface area contributed by atoms with Crippen LogP contribution in [0.4, 0.5) is 13.2 Å². The van der Waals surface area contributed by atoms with Gasteiger partial charge in [-0.2, -0.15) is 18.2 Å². The van der Waals surface area contributed by atoms with Crippen LogP contribution >= 0.6 is 0 Å². The smallest absolute Gasteiger partial charge is 0.353 e. The lowest BCUT2D eigenvalue weighted by molar-refractivity contribution is -0.137.